The van der Waals surface area contributed by atoms with Gasteiger partial charge in [-0.3, -0.25) is 19.3 Å². The third kappa shape index (κ3) is 9.24. The summed E-state index contributed by atoms with van der Waals surface area (Å²) in [6.45, 7) is 9.85. The van der Waals surface area contributed by atoms with E-state index in [4.69, 9.17) is 14.2 Å². The number of methoxy groups -OCH3 is 2. The van der Waals surface area contributed by atoms with Crippen LogP contribution in [-0.2, 0) is 16.1 Å². The fourth-order valence-corrected chi connectivity index (χ4v) is 4.58. The smallest absolute Gasteiger partial charge is 0.251 e. The van der Waals surface area contributed by atoms with Crippen molar-refractivity contribution in [2.75, 3.05) is 40.4 Å². The van der Waals surface area contributed by atoms with Gasteiger partial charge in [0.1, 0.15) is 17.5 Å². The Labute approximate surface area is 248 Å². The van der Waals surface area contributed by atoms with E-state index in [0.717, 1.165) is 18.4 Å². The molecule has 0 aliphatic carbocycles. The second-order valence-corrected chi connectivity index (χ2v) is 10.9. The molecule has 1 heterocycles. The lowest BCUT2D eigenvalue weighted by Crippen LogP contribution is -2.52. The highest BCUT2D eigenvalue weighted by molar-refractivity contribution is 5.95. The molecule has 0 unspecified atom stereocenters. The van der Waals surface area contributed by atoms with Gasteiger partial charge in [-0.25, -0.2) is 0 Å². The fraction of sp³-hybridized carbons (Fsp3) is 0.469. The van der Waals surface area contributed by atoms with Crippen molar-refractivity contribution in [2.45, 2.75) is 53.1 Å². The first-order valence-corrected chi connectivity index (χ1v) is 14.4. The summed E-state index contributed by atoms with van der Waals surface area (Å²) in [5.41, 5.74) is 2.19. The Kier molecular flexibility index (Phi) is 12.2. The highest BCUT2D eigenvalue weighted by atomic mass is 16.5. The second-order valence-electron chi connectivity index (χ2n) is 10.9. The number of hydrogen-bond donors (Lipinski definition) is 3. The zero-order valence-electron chi connectivity index (χ0n) is 25.5. The zero-order valence-corrected chi connectivity index (χ0v) is 25.5. The van der Waals surface area contributed by atoms with Crippen molar-refractivity contribution in [1.82, 2.24) is 20.9 Å². The summed E-state index contributed by atoms with van der Waals surface area (Å²) in [5, 5.41) is 8.86. The van der Waals surface area contributed by atoms with Gasteiger partial charge in [-0.05, 0) is 69.5 Å². The summed E-state index contributed by atoms with van der Waals surface area (Å²) >= 11 is 0. The van der Waals surface area contributed by atoms with E-state index in [1.165, 1.54) is 14.2 Å². The molecule has 0 saturated heterocycles. The van der Waals surface area contributed by atoms with Gasteiger partial charge in [0.05, 0.1) is 32.9 Å². The number of nitrogens with one attached hydrogen (secondary N) is 3. The van der Waals surface area contributed by atoms with E-state index >= 15 is 0 Å². The van der Waals surface area contributed by atoms with Gasteiger partial charge >= 0.3 is 0 Å². The molecule has 228 valence electrons. The van der Waals surface area contributed by atoms with E-state index in [2.05, 4.69) is 22.0 Å². The van der Waals surface area contributed by atoms with Gasteiger partial charge in [-0.15, -0.1) is 0 Å². The predicted octanol–water partition coefficient (Wildman–Crippen LogP) is 4.04. The van der Waals surface area contributed by atoms with Crippen molar-refractivity contribution >= 4 is 17.7 Å². The zero-order chi connectivity index (χ0) is 30.6. The second kappa shape index (κ2) is 15.8. The number of carbonyl (C=O) groups excluding carboxylic acids is 3. The lowest BCUT2D eigenvalue weighted by Gasteiger charge is -2.25. The predicted molar refractivity (Wildman–Crippen MR) is 162 cm³/mol. The van der Waals surface area contributed by atoms with Crippen LogP contribution in [-0.4, -0.2) is 69.1 Å². The van der Waals surface area contributed by atoms with E-state index < -0.39 is 6.04 Å². The number of hydrogen-bond acceptors (Lipinski definition) is 7. The van der Waals surface area contributed by atoms with Gasteiger partial charge in [0.15, 0.2) is 11.5 Å². The molecule has 1 aliphatic rings. The van der Waals surface area contributed by atoms with E-state index in [1.807, 2.05) is 32.6 Å². The molecule has 2 aromatic carbocycles. The Bertz CT molecular complexity index is 1270. The van der Waals surface area contributed by atoms with E-state index in [0.29, 0.717) is 53.8 Å². The number of allylic oxidation sites excluding steroid dienone is 1. The molecular formula is C32H44N4O6. The molecule has 2 bridgehead atoms. The number of benzene rings is 2. The molecule has 0 spiro atoms. The molecule has 1 aliphatic heterocycles. The molecule has 10 heteroatoms. The minimum absolute atomic E-state index is 0.0897. The minimum atomic E-state index is -0.723. The van der Waals surface area contributed by atoms with E-state index in [9.17, 15) is 14.4 Å². The van der Waals surface area contributed by atoms with Crippen molar-refractivity contribution in [1.29, 1.82) is 0 Å². The van der Waals surface area contributed by atoms with E-state index in [1.54, 1.807) is 36.4 Å². The normalized spacial score (nSPS) is 17.6. The van der Waals surface area contributed by atoms with Crippen molar-refractivity contribution in [3.8, 4) is 23.0 Å². The first-order chi connectivity index (χ1) is 20.1. The Morgan fingerprint density at radius 1 is 1.02 bits per heavy atom. The minimum Gasteiger partial charge on any atom is -0.496 e. The van der Waals surface area contributed by atoms with Crippen LogP contribution in [0.4, 0.5) is 0 Å². The fourth-order valence-electron chi connectivity index (χ4n) is 4.58. The lowest BCUT2D eigenvalue weighted by atomic mass is 10.0. The van der Waals surface area contributed by atoms with Gasteiger partial charge in [-0.1, -0.05) is 31.6 Å². The van der Waals surface area contributed by atoms with Crippen molar-refractivity contribution in [3.63, 3.8) is 0 Å². The standard InChI is InChI=1S/C32H44N4O6/c1-21(2)14-17-36-16-8-7-15-33-31(38)23-12-13-27(41-6)28(18-23)42-26-11-9-10-25(40-5)24(26)19-34-32(39)30(22(3)4)35-29(37)20-36/h9-14,18,22,30H,7-8,15-17,19-20H2,1-6H3,(H,33,38)(H,34,39)(H,35,37)/t30-/m1/s1. The molecule has 10 nitrogen and oxygen atoms in total. The van der Waals surface area contributed by atoms with Crippen LogP contribution in [0, 0.1) is 5.92 Å². The first kappa shape index (κ1) is 32.5. The largest absolute Gasteiger partial charge is 0.496 e. The molecular weight excluding hydrogens is 536 g/mol. The maximum atomic E-state index is 13.4. The number of rotatable bonds is 5. The third-order valence-electron chi connectivity index (χ3n) is 6.97. The van der Waals surface area contributed by atoms with Gasteiger partial charge in [0.2, 0.25) is 11.8 Å². The van der Waals surface area contributed by atoms with Crippen LogP contribution in [0.15, 0.2) is 48.0 Å². The Morgan fingerprint density at radius 2 is 1.79 bits per heavy atom. The Morgan fingerprint density at radius 3 is 2.48 bits per heavy atom. The van der Waals surface area contributed by atoms with Crippen LogP contribution in [0.2, 0.25) is 0 Å². The lowest BCUT2D eigenvalue weighted by molar-refractivity contribution is -0.130. The van der Waals surface area contributed by atoms with Crippen LogP contribution in [0.3, 0.4) is 0 Å². The molecule has 3 N–H and O–H groups in total. The maximum absolute atomic E-state index is 13.4. The van der Waals surface area contributed by atoms with Crippen LogP contribution in [0.5, 0.6) is 23.0 Å². The molecule has 42 heavy (non-hydrogen) atoms. The molecule has 0 aromatic heterocycles. The summed E-state index contributed by atoms with van der Waals surface area (Å²) in [5.74, 6) is 0.853. The molecule has 3 rings (SSSR count). The average Bonchev–Trinajstić information content (AvgIpc) is 2.96. The van der Waals surface area contributed by atoms with Crippen LogP contribution < -0.4 is 30.2 Å². The molecule has 3 amide bonds. The molecule has 2 aromatic rings. The number of amides is 3. The average molecular weight is 581 g/mol. The van der Waals surface area contributed by atoms with Crippen molar-refractivity contribution in [2.24, 2.45) is 5.92 Å². The first-order valence-electron chi connectivity index (χ1n) is 14.4. The van der Waals surface area contributed by atoms with Crippen molar-refractivity contribution < 1.29 is 28.6 Å². The Balaban J connectivity index is 1.97. The molecule has 0 fully saturated rings. The highest BCUT2D eigenvalue weighted by Crippen LogP contribution is 2.37. The molecule has 1 atom stereocenters. The topological polar surface area (TPSA) is 118 Å². The monoisotopic (exact) mass is 580 g/mol. The summed E-state index contributed by atoms with van der Waals surface area (Å²) in [7, 11) is 3.07. The SMILES string of the molecule is COc1ccc2cc1Oc1cccc(OC)c1CNC(=O)[C@@H](C(C)C)NC(=O)CN(CC=C(C)C)CCCCNC2=O. The third-order valence-corrected chi connectivity index (χ3v) is 6.97. The number of ether oxygens (including phenoxy) is 3. The van der Waals surface area contributed by atoms with Crippen molar-refractivity contribution in [3.05, 3.63) is 59.2 Å². The summed E-state index contributed by atoms with van der Waals surface area (Å²) in [4.78, 5) is 41.5. The van der Waals surface area contributed by atoms with Crippen LogP contribution in [0.1, 0.15) is 56.5 Å². The van der Waals surface area contributed by atoms with Gasteiger partial charge in [0, 0.05) is 18.7 Å². The summed E-state index contributed by atoms with van der Waals surface area (Å²) < 4.78 is 17.3. The molecule has 0 saturated carbocycles. The summed E-state index contributed by atoms with van der Waals surface area (Å²) in [6.07, 6.45) is 3.60. The van der Waals surface area contributed by atoms with Gasteiger partial charge in [0.25, 0.3) is 5.91 Å². The highest BCUT2D eigenvalue weighted by Gasteiger charge is 2.26. The summed E-state index contributed by atoms with van der Waals surface area (Å²) in [6, 6.07) is 9.60. The number of nitrogens with zero attached hydrogens (tertiary/aromatic N) is 1. The van der Waals surface area contributed by atoms with Crippen LogP contribution >= 0.6 is 0 Å². The quantitative estimate of drug-likeness (QED) is 0.457. The number of fused-ring (bicyclic) bond motifs is 3. The number of carbonyl (C=O) groups is 3. The van der Waals surface area contributed by atoms with Gasteiger partial charge in [-0.2, -0.15) is 0 Å². The van der Waals surface area contributed by atoms with Crippen LogP contribution in [0.25, 0.3) is 0 Å². The Hall–Kier alpha value is -4.05. The maximum Gasteiger partial charge on any atom is 0.251 e. The van der Waals surface area contributed by atoms with Gasteiger partial charge < -0.3 is 30.2 Å². The molecule has 0 radical (unpaired) electrons. The van der Waals surface area contributed by atoms with E-state index in [-0.39, 0.29) is 36.7 Å².